The Kier molecular flexibility index (Phi) is 3.13. The van der Waals surface area contributed by atoms with Crippen molar-refractivity contribution in [1.29, 1.82) is 0 Å². The molecule has 2 aromatic rings. The molecule has 1 aromatic carbocycles. The van der Waals surface area contributed by atoms with Gasteiger partial charge in [0, 0.05) is 29.2 Å². The second-order valence-electron chi connectivity index (χ2n) is 5.69. The van der Waals surface area contributed by atoms with Crippen LogP contribution in [0.2, 0.25) is 0 Å². The van der Waals surface area contributed by atoms with Gasteiger partial charge >= 0.3 is 0 Å². The van der Waals surface area contributed by atoms with Gasteiger partial charge < -0.3 is 10.3 Å². The maximum absolute atomic E-state index is 5.94. The van der Waals surface area contributed by atoms with Crippen LogP contribution < -0.4 is 5.73 Å². The Morgan fingerprint density at radius 2 is 2.06 bits per heavy atom. The molecular weight excluding hydrogens is 220 g/mol. The lowest BCUT2D eigenvalue weighted by atomic mass is 10.0. The number of fused-ring (bicyclic) bond motifs is 1. The fourth-order valence-corrected chi connectivity index (χ4v) is 3.28. The largest absolute Gasteiger partial charge is 0.344 e. The highest BCUT2D eigenvalue weighted by Gasteiger charge is 2.18. The Labute approximate surface area is 109 Å². The zero-order valence-corrected chi connectivity index (χ0v) is 11.1. The van der Waals surface area contributed by atoms with Gasteiger partial charge in [0.25, 0.3) is 0 Å². The number of hydrogen-bond acceptors (Lipinski definition) is 1. The van der Waals surface area contributed by atoms with Crippen LogP contribution in [0.1, 0.15) is 44.2 Å². The first kappa shape index (κ1) is 11.8. The van der Waals surface area contributed by atoms with Crippen LogP contribution >= 0.6 is 0 Å². The third-order valence-electron chi connectivity index (χ3n) is 4.11. The van der Waals surface area contributed by atoms with E-state index in [2.05, 4.69) is 42.0 Å². The summed E-state index contributed by atoms with van der Waals surface area (Å²) in [5.41, 5.74) is 8.71. The topological polar surface area (TPSA) is 30.9 Å². The molecule has 2 heteroatoms. The van der Waals surface area contributed by atoms with Gasteiger partial charge in [-0.1, -0.05) is 25.0 Å². The van der Waals surface area contributed by atoms with Gasteiger partial charge in [0.05, 0.1) is 0 Å². The average Bonchev–Trinajstić information content (AvgIpc) is 2.96. The van der Waals surface area contributed by atoms with Crippen molar-refractivity contribution >= 4 is 10.9 Å². The van der Waals surface area contributed by atoms with Crippen molar-refractivity contribution in [3.63, 3.8) is 0 Å². The van der Waals surface area contributed by atoms with Crippen LogP contribution in [0.25, 0.3) is 10.9 Å². The molecule has 0 saturated heterocycles. The number of hydrogen-bond donors (Lipinski definition) is 1. The normalized spacial score (nSPS) is 18.6. The summed E-state index contributed by atoms with van der Waals surface area (Å²) >= 11 is 0. The van der Waals surface area contributed by atoms with Crippen LogP contribution in [0.15, 0.2) is 30.5 Å². The predicted molar refractivity (Wildman–Crippen MR) is 76.8 cm³/mol. The van der Waals surface area contributed by atoms with Crippen LogP contribution in [-0.4, -0.2) is 10.6 Å². The Balaban J connectivity index is 2.03. The lowest BCUT2D eigenvalue weighted by molar-refractivity contribution is 0.536. The van der Waals surface area contributed by atoms with Crippen molar-refractivity contribution in [2.24, 2.45) is 5.73 Å². The maximum atomic E-state index is 5.94. The van der Waals surface area contributed by atoms with E-state index in [1.54, 1.807) is 0 Å². The van der Waals surface area contributed by atoms with Crippen LogP contribution in [0.3, 0.4) is 0 Å². The van der Waals surface area contributed by atoms with Crippen LogP contribution in [0.4, 0.5) is 0 Å². The molecular formula is C16H22N2. The summed E-state index contributed by atoms with van der Waals surface area (Å²) in [5, 5.41) is 1.39. The van der Waals surface area contributed by atoms with Crippen molar-refractivity contribution in [3.8, 4) is 0 Å². The van der Waals surface area contributed by atoms with Crippen molar-refractivity contribution in [1.82, 2.24) is 4.57 Å². The molecule has 0 bridgehead atoms. The van der Waals surface area contributed by atoms with E-state index in [1.165, 1.54) is 42.1 Å². The van der Waals surface area contributed by atoms with Gasteiger partial charge in [-0.25, -0.2) is 0 Å². The number of nitrogens with two attached hydrogens (primary N) is 1. The molecule has 0 radical (unpaired) electrons. The third kappa shape index (κ3) is 2.05. The van der Waals surface area contributed by atoms with E-state index in [0.717, 1.165) is 6.42 Å². The molecule has 2 N–H and O–H groups in total. The minimum Gasteiger partial charge on any atom is -0.344 e. The Hall–Kier alpha value is -1.28. The summed E-state index contributed by atoms with van der Waals surface area (Å²) in [5.74, 6) is 0. The summed E-state index contributed by atoms with van der Waals surface area (Å²) in [6, 6.07) is 9.85. The number of nitrogens with zero attached hydrogens (tertiary/aromatic N) is 1. The standard InChI is InChI=1S/C16H22N2/c1-12(17)11-13-5-4-8-16-15(13)9-10-18(16)14-6-2-3-7-14/h4-5,8-10,12,14H,2-3,6-7,11,17H2,1H3. The van der Waals surface area contributed by atoms with E-state index in [1.807, 2.05) is 0 Å². The van der Waals surface area contributed by atoms with Gasteiger partial charge in [0.1, 0.15) is 0 Å². The zero-order chi connectivity index (χ0) is 12.5. The van der Waals surface area contributed by atoms with Gasteiger partial charge in [-0.05, 0) is 43.9 Å². The summed E-state index contributed by atoms with van der Waals surface area (Å²) in [6.07, 6.45) is 8.66. The molecule has 1 atom stereocenters. The predicted octanol–water partition coefficient (Wildman–Crippen LogP) is 3.65. The highest BCUT2D eigenvalue weighted by molar-refractivity contribution is 5.84. The second kappa shape index (κ2) is 4.77. The van der Waals surface area contributed by atoms with Gasteiger partial charge in [-0.2, -0.15) is 0 Å². The van der Waals surface area contributed by atoms with E-state index in [4.69, 9.17) is 5.73 Å². The number of rotatable bonds is 3. The highest BCUT2D eigenvalue weighted by Crippen LogP contribution is 2.33. The lowest BCUT2D eigenvalue weighted by Gasteiger charge is -2.14. The summed E-state index contributed by atoms with van der Waals surface area (Å²) in [7, 11) is 0. The van der Waals surface area contributed by atoms with E-state index in [9.17, 15) is 0 Å². The summed E-state index contributed by atoms with van der Waals surface area (Å²) in [6.45, 7) is 2.08. The molecule has 96 valence electrons. The molecule has 3 rings (SSSR count). The van der Waals surface area contributed by atoms with E-state index in [-0.39, 0.29) is 6.04 Å². The number of aromatic nitrogens is 1. The molecule has 0 aliphatic heterocycles. The average molecular weight is 242 g/mol. The Morgan fingerprint density at radius 1 is 1.28 bits per heavy atom. The molecule has 1 heterocycles. The van der Waals surface area contributed by atoms with Crippen molar-refractivity contribution in [3.05, 3.63) is 36.0 Å². The van der Waals surface area contributed by atoms with Crippen LogP contribution in [0.5, 0.6) is 0 Å². The first-order valence-corrected chi connectivity index (χ1v) is 7.10. The summed E-state index contributed by atoms with van der Waals surface area (Å²) in [4.78, 5) is 0. The zero-order valence-electron chi connectivity index (χ0n) is 11.1. The molecule has 18 heavy (non-hydrogen) atoms. The molecule has 1 fully saturated rings. The SMILES string of the molecule is CC(N)Cc1cccc2c1ccn2C1CCCC1. The van der Waals surface area contributed by atoms with Crippen LogP contribution in [0, 0.1) is 0 Å². The van der Waals surface area contributed by atoms with Crippen molar-refractivity contribution < 1.29 is 0 Å². The van der Waals surface area contributed by atoms with Gasteiger partial charge in [-0.15, -0.1) is 0 Å². The third-order valence-corrected chi connectivity index (χ3v) is 4.11. The maximum Gasteiger partial charge on any atom is 0.0485 e. The number of benzene rings is 1. The van der Waals surface area contributed by atoms with E-state index < -0.39 is 0 Å². The highest BCUT2D eigenvalue weighted by atomic mass is 15.0. The molecule has 1 saturated carbocycles. The monoisotopic (exact) mass is 242 g/mol. The summed E-state index contributed by atoms with van der Waals surface area (Å²) < 4.78 is 2.48. The van der Waals surface area contributed by atoms with Gasteiger partial charge in [0.15, 0.2) is 0 Å². The van der Waals surface area contributed by atoms with Crippen LogP contribution in [-0.2, 0) is 6.42 Å². The first-order valence-electron chi connectivity index (χ1n) is 7.10. The van der Waals surface area contributed by atoms with E-state index >= 15 is 0 Å². The molecule has 1 aromatic heterocycles. The fourth-order valence-electron chi connectivity index (χ4n) is 3.28. The minimum absolute atomic E-state index is 0.227. The molecule has 1 aliphatic carbocycles. The first-order chi connectivity index (χ1) is 8.75. The van der Waals surface area contributed by atoms with Crippen molar-refractivity contribution in [2.75, 3.05) is 0 Å². The Morgan fingerprint density at radius 3 is 2.78 bits per heavy atom. The van der Waals surface area contributed by atoms with Gasteiger partial charge in [-0.3, -0.25) is 0 Å². The molecule has 0 amide bonds. The minimum atomic E-state index is 0.227. The lowest BCUT2D eigenvalue weighted by Crippen LogP contribution is -2.17. The van der Waals surface area contributed by atoms with Gasteiger partial charge in [0.2, 0.25) is 0 Å². The van der Waals surface area contributed by atoms with E-state index in [0.29, 0.717) is 6.04 Å². The molecule has 2 nitrogen and oxygen atoms in total. The molecule has 0 spiro atoms. The smallest absolute Gasteiger partial charge is 0.0485 e. The second-order valence-corrected chi connectivity index (χ2v) is 5.69. The molecule has 1 aliphatic rings. The van der Waals surface area contributed by atoms with Crippen molar-refractivity contribution in [2.45, 2.75) is 51.1 Å². The molecule has 1 unspecified atom stereocenters. The Bertz CT molecular complexity index is 533. The fraction of sp³-hybridized carbons (Fsp3) is 0.500. The quantitative estimate of drug-likeness (QED) is 0.875.